The molecule has 8 nitrogen and oxygen atoms in total. The molecular formula is C29H34N4O4S2. The van der Waals surface area contributed by atoms with E-state index in [1.165, 1.54) is 11.8 Å². The van der Waals surface area contributed by atoms with Gasteiger partial charge in [0.2, 0.25) is 0 Å². The summed E-state index contributed by atoms with van der Waals surface area (Å²) in [6, 6.07) is 12.1. The van der Waals surface area contributed by atoms with Crippen LogP contribution in [0.2, 0.25) is 0 Å². The number of hydrogen-bond acceptors (Lipinski definition) is 7. The van der Waals surface area contributed by atoms with Crippen molar-refractivity contribution in [2.45, 2.75) is 65.3 Å². The number of benzene rings is 1. The number of pyridine rings is 1. The molecule has 2 N–H and O–H groups in total. The van der Waals surface area contributed by atoms with Gasteiger partial charge in [0.15, 0.2) is 0 Å². The molecule has 1 aliphatic rings. The SMILES string of the molecule is CCCCn1c(NCCc2ccccc2)c(/C=C2/SC(=S)N(CCCCCC(=O)O)C2=O)c(C)c(C#N)c1=O. The van der Waals surface area contributed by atoms with Gasteiger partial charge >= 0.3 is 5.97 Å². The lowest BCUT2D eigenvalue weighted by molar-refractivity contribution is -0.137. The van der Waals surface area contributed by atoms with Crippen molar-refractivity contribution in [3.05, 3.63) is 67.8 Å². The van der Waals surface area contributed by atoms with Gasteiger partial charge in [0.05, 0.1) is 4.91 Å². The molecule has 0 spiro atoms. The van der Waals surface area contributed by atoms with Gasteiger partial charge in [0.25, 0.3) is 11.5 Å². The Morgan fingerprint density at radius 2 is 1.90 bits per heavy atom. The average molecular weight is 567 g/mol. The number of aliphatic carboxylic acids is 1. The first-order chi connectivity index (χ1) is 18.8. The predicted octanol–water partition coefficient (Wildman–Crippen LogP) is 5.33. The van der Waals surface area contributed by atoms with Gasteiger partial charge in [-0.05, 0) is 49.8 Å². The van der Waals surface area contributed by atoms with Crippen LogP contribution in [-0.2, 0) is 22.6 Å². The van der Waals surface area contributed by atoms with Gasteiger partial charge < -0.3 is 10.4 Å². The minimum Gasteiger partial charge on any atom is -0.481 e. The van der Waals surface area contributed by atoms with Crippen molar-refractivity contribution in [3.63, 3.8) is 0 Å². The van der Waals surface area contributed by atoms with Gasteiger partial charge in [0, 0.05) is 31.6 Å². The molecular weight excluding hydrogens is 532 g/mol. The Morgan fingerprint density at radius 3 is 2.56 bits per heavy atom. The van der Waals surface area contributed by atoms with Crippen LogP contribution < -0.4 is 10.9 Å². The number of unbranched alkanes of at least 4 members (excludes halogenated alkanes) is 3. The van der Waals surface area contributed by atoms with Crippen molar-refractivity contribution in [1.82, 2.24) is 9.47 Å². The van der Waals surface area contributed by atoms with E-state index in [4.69, 9.17) is 17.3 Å². The highest BCUT2D eigenvalue weighted by molar-refractivity contribution is 8.26. The summed E-state index contributed by atoms with van der Waals surface area (Å²) in [6.45, 7) is 5.22. The Bertz CT molecular complexity index is 1350. The van der Waals surface area contributed by atoms with Crippen LogP contribution in [0.3, 0.4) is 0 Å². The van der Waals surface area contributed by atoms with E-state index in [1.54, 1.807) is 22.5 Å². The number of aromatic nitrogens is 1. The number of carboxylic acid groups (broad SMARTS) is 1. The van der Waals surface area contributed by atoms with Crippen LogP contribution in [0.4, 0.5) is 5.82 Å². The van der Waals surface area contributed by atoms with Gasteiger partial charge in [-0.15, -0.1) is 0 Å². The van der Waals surface area contributed by atoms with Gasteiger partial charge in [-0.2, -0.15) is 5.26 Å². The topological polar surface area (TPSA) is 115 Å². The monoisotopic (exact) mass is 566 g/mol. The number of nitrogens with zero attached hydrogens (tertiary/aromatic N) is 3. The van der Waals surface area contributed by atoms with Crippen LogP contribution in [0.1, 0.15) is 67.7 Å². The van der Waals surface area contributed by atoms with Gasteiger partial charge in [-0.25, -0.2) is 0 Å². The highest BCUT2D eigenvalue weighted by atomic mass is 32.2. The van der Waals surface area contributed by atoms with Crippen molar-refractivity contribution in [3.8, 4) is 6.07 Å². The zero-order chi connectivity index (χ0) is 28.4. The van der Waals surface area contributed by atoms with Crippen LogP contribution in [-0.4, -0.2) is 43.9 Å². The minimum atomic E-state index is -0.830. The molecule has 39 heavy (non-hydrogen) atoms. The van der Waals surface area contributed by atoms with Crippen LogP contribution in [0.5, 0.6) is 0 Å². The van der Waals surface area contributed by atoms with E-state index in [1.807, 2.05) is 37.3 Å². The number of amides is 1. The first-order valence-corrected chi connectivity index (χ1v) is 14.4. The maximum Gasteiger partial charge on any atom is 0.303 e. The number of thioether (sulfide) groups is 1. The molecule has 0 saturated carbocycles. The minimum absolute atomic E-state index is 0.0693. The summed E-state index contributed by atoms with van der Waals surface area (Å²) in [5.41, 5.74) is 2.05. The molecule has 0 atom stereocenters. The number of hydrogen-bond donors (Lipinski definition) is 2. The molecule has 206 valence electrons. The highest BCUT2D eigenvalue weighted by Crippen LogP contribution is 2.35. The molecule has 3 rings (SSSR count). The van der Waals surface area contributed by atoms with Crippen molar-refractivity contribution < 1.29 is 14.7 Å². The zero-order valence-corrected chi connectivity index (χ0v) is 24.0. The number of thiocarbonyl (C=S) groups is 1. The zero-order valence-electron chi connectivity index (χ0n) is 22.4. The fourth-order valence-corrected chi connectivity index (χ4v) is 5.69. The molecule has 0 bridgehead atoms. The standard InChI is InChI=1S/C29H34N4O4S2/c1-3-4-16-32-26(31-15-14-21-11-7-5-8-12-21)22(20(2)23(19-30)27(32)36)18-24-28(37)33(29(38)39-24)17-10-6-9-13-25(34)35/h5,7-8,11-12,18,31H,3-4,6,9-10,13-17H2,1-2H3,(H,34,35)/b24-18+. The van der Waals surface area contributed by atoms with E-state index in [0.29, 0.717) is 65.1 Å². The number of carbonyl (C=O) groups is 2. The summed E-state index contributed by atoms with van der Waals surface area (Å²) < 4.78 is 2.07. The number of nitrogens with one attached hydrogen (secondary N) is 1. The Balaban J connectivity index is 1.93. The first kappa shape index (κ1) is 30.1. The van der Waals surface area contributed by atoms with E-state index in [2.05, 4.69) is 11.4 Å². The maximum absolute atomic E-state index is 13.3. The van der Waals surface area contributed by atoms with Gasteiger partial charge in [-0.1, -0.05) is 74.1 Å². The second-order valence-electron chi connectivity index (χ2n) is 9.38. The molecule has 1 saturated heterocycles. The maximum atomic E-state index is 13.3. The Morgan fingerprint density at radius 1 is 1.15 bits per heavy atom. The predicted molar refractivity (Wildman–Crippen MR) is 160 cm³/mol. The van der Waals surface area contributed by atoms with E-state index in [-0.39, 0.29) is 23.5 Å². The summed E-state index contributed by atoms with van der Waals surface area (Å²) in [5, 5.41) is 22.1. The molecule has 0 radical (unpaired) electrons. The third-order valence-electron chi connectivity index (χ3n) is 6.58. The van der Waals surface area contributed by atoms with Crippen LogP contribution in [0, 0.1) is 18.3 Å². The average Bonchev–Trinajstić information content (AvgIpc) is 3.18. The normalized spacial score (nSPS) is 14.2. The molecule has 2 aromatic rings. The summed E-state index contributed by atoms with van der Waals surface area (Å²) in [7, 11) is 0. The van der Waals surface area contributed by atoms with Crippen LogP contribution in [0.15, 0.2) is 40.0 Å². The molecule has 1 aromatic carbocycles. The van der Waals surface area contributed by atoms with Crippen LogP contribution in [0.25, 0.3) is 6.08 Å². The molecule has 0 unspecified atom stereocenters. The van der Waals surface area contributed by atoms with Crippen molar-refractivity contribution in [1.29, 1.82) is 5.26 Å². The lowest BCUT2D eigenvalue weighted by Crippen LogP contribution is -2.29. The number of rotatable bonds is 14. The fourth-order valence-electron chi connectivity index (χ4n) is 4.40. The second-order valence-corrected chi connectivity index (χ2v) is 11.1. The number of nitriles is 1. The number of carboxylic acids is 1. The van der Waals surface area contributed by atoms with Gasteiger partial charge in [0.1, 0.15) is 21.8 Å². The van der Waals surface area contributed by atoms with Crippen LogP contribution >= 0.6 is 24.0 Å². The number of carbonyl (C=O) groups excluding carboxylic acids is 1. The quantitative estimate of drug-likeness (QED) is 0.179. The summed E-state index contributed by atoms with van der Waals surface area (Å²) in [5.74, 6) is -0.452. The smallest absolute Gasteiger partial charge is 0.303 e. The molecule has 1 fully saturated rings. The molecule has 1 aliphatic heterocycles. The first-order valence-electron chi connectivity index (χ1n) is 13.2. The fraction of sp³-hybridized carbons (Fsp3) is 0.414. The Hall–Kier alpha value is -3.42. The number of anilines is 1. The lowest BCUT2D eigenvalue weighted by atomic mass is 10.0. The lowest BCUT2D eigenvalue weighted by Gasteiger charge is -2.20. The van der Waals surface area contributed by atoms with Crippen molar-refractivity contribution >= 4 is 52.1 Å². The molecule has 2 heterocycles. The van der Waals surface area contributed by atoms with Crippen molar-refractivity contribution in [2.24, 2.45) is 0 Å². The molecule has 1 aromatic heterocycles. The third kappa shape index (κ3) is 7.80. The summed E-state index contributed by atoms with van der Waals surface area (Å²) in [6.07, 6.45) is 6.12. The summed E-state index contributed by atoms with van der Waals surface area (Å²) >= 11 is 6.68. The second kappa shape index (κ2) is 14.7. The van der Waals surface area contributed by atoms with E-state index in [9.17, 15) is 19.6 Å². The molecule has 1 amide bonds. The van der Waals surface area contributed by atoms with E-state index in [0.717, 1.165) is 24.8 Å². The Kier molecular flexibility index (Phi) is 11.3. The van der Waals surface area contributed by atoms with Crippen molar-refractivity contribution in [2.75, 3.05) is 18.4 Å². The van der Waals surface area contributed by atoms with E-state index >= 15 is 0 Å². The largest absolute Gasteiger partial charge is 0.481 e. The molecule has 0 aliphatic carbocycles. The third-order valence-corrected chi connectivity index (χ3v) is 7.96. The van der Waals surface area contributed by atoms with E-state index < -0.39 is 5.97 Å². The summed E-state index contributed by atoms with van der Waals surface area (Å²) in [4.78, 5) is 39.3. The molecule has 10 heteroatoms. The highest BCUT2D eigenvalue weighted by Gasteiger charge is 2.32. The van der Waals surface area contributed by atoms with Gasteiger partial charge in [-0.3, -0.25) is 23.9 Å². The Labute approximate surface area is 238 Å².